The van der Waals surface area contributed by atoms with Gasteiger partial charge in [0, 0.05) is 6.54 Å². The highest BCUT2D eigenvalue weighted by Gasteiger charge is 2.13. The number of methoxy groups -OCH3 is 1. The fourth-order valence-electron chi connectivity index (χ4n) is 2.42. The first-order valence-corrected chi connectivity index (χ1v) is 7.00. The quantitative estimate of drug-likeness (QED) is 0.837. The van der Waals surface area contributed by atoms with Crippen molar-refractivity contribution < 1.29 is 13.9 Å². The van der Waals surface area contributed by atoms with Crippen molar-refractivity contribution in [3.8, 4) is 5.75 Å². The summed E-state index contributed by atoms with van der Waals surface area (Å²) < 4.78 is 18.3. The third-order valence-electron chi connectivity index (χ3n) is 3.52. The number of hydrogen-bond acceptors (Lipinski definition) is 2. The summed E-state index contributed by atoms with van der Waals surface area (Å²) in [6, 6.07) is 3.95. The Morgan fingerprint density at radius 2 is 2.25 bits per heavy atom. The van der Waals surface area contributed by atoms with Crippen LogP contribution in [0.4, 0.5) is 4.39 Å². The van der Waals surface area contributed by atoms with Gasteiger partial charge in [-0.1, -0.05) is 11.6 Å². The van der Waals surface area contributed by atoms with Crippen molar-refractivity contribution in [3.05, 3.63) is 41.2 Å². The molecule has 108 valence electrons. The Bertz CT molecular complexity index is 511. The summed E-state index contributed by atoms with van der Waals surface area (Å²) in [4.78, 5) is 12.0. The minimum absolute atomic E-state index is 0.241. The molecular weight excluding hydrogens is 257 g/mol. The van der Waals surface area contributed by atoms with Crippen molar-refractivity contribution in [2.75, 3.05) is 13.7 Å². The molecule has 0 atom stereocenters. The van der Waals surface area contributed by atoms with Crippen LogP contribution in [-0.4, -0.2) is 19.6 Å². The summed E-state index contributed by atoms with van der Waals surface area (Å²) in [7, 11) is 1.47. The number of nitrogens with one attached hydrogen (secondary N) is 1. The van der Waals surface area contributed by atoms with E-state index in [0.29, 0.717) is 12.3 Å². The molecule has 0 bridgehead atoms. The zero-order valence-electron chi connectivity index (χ0n) is 11.7. The van der Waals surface area contributed by atoms with Gasteiger partial charge in [0.2, 0.25) is 0 Å². The van der Waals surface area contributed by atoms with E-state index in [1.165, 1.54) is 43.7 Å². The number of carbonyl (C=O) groups excluding carboxylic acids is 1. The van der Waals surface area contributed by atoms with E-state index in [1.54, 1.807) is 0 Å². The van der Waals surface area contributed by atoms with Crippen LogP contribution in [0.3, 0.4) is 0 Å². The average molecular weight is 277 g/mol. The van der Waals surface area contributed by atoms with Crippen molar-refractivity contribution in [1.82, 2.24) is 5.32 Å². The zero-order valence-corrected chi connectivity index (χ0v) is 11.7. The Morgan fingerprint density at radius 1 is 1.40 bits per heavy atom. The van der Waals surface area contributed by atoms with Crippen LogP contribution in [0.15, 0.2) is 29.8 Å². The van der Waals surface area contributed by atoms with Crippen LogP contribution in [0.1, 0.15) is 42.5 Å². The Morgan fingerprint density at radius 3 is 2.95 bits per heavy atom. The monoisotopic (exact) mass is 277 g/mol. The number of rotatable bonds is 5. The largest absolute Gasteiger partial charge is 0.496 e. The van der Waals surface area contributed by atoms with Crippen LogP contribution in [0.25, 0.3) is 0 Å². The second kappa shape index (κ2) is 7.08. The second-order valence-electron chi connectivity index (χ2n) is 4.96. The van der Waals surface area contributed by atoms with Gasteiger partial charge in [-0.2, -0.15) is 0 Å². The third kappa shape index (κ3) is 3.83. The molecule has 2 rings (SSSR count). The summed E-state index contributed by atoms with van der Waals surface area (Å²) in [5.74, 6) is -0.343. The van der Waals surface area contributed by atoms with Crippen LogP contribution < -0.4 is 10.1 Å². The fraction of sp³-hybridized carbons (Fsp3) is 0.438. The second-order valence-corrected chi connectivity index (χ2v) is 4.96. The molecule has 1 aliphatic carbocycles. The minimum Gasteiger partial charge on any atom is -0.496 e. The van der Waals surface area contributed by atoms with Crippen molar-refractivity contribution in [3.63, 3.8) is 0 Å². The summed E-state index contributed by atoms with van der Waals surface area (Å²) in [5, 5.41) is 2.82. The SMILES string of the molecule is COc1ccc(F)cc1C(=O)NCCC1=CCCCC1. The van der Waals surface area contributed by atoms with Crippen LogP contribution in [-0.2, 0) is 0 Å². The lowest BCUT2D eigenvalue weighted by Crippen LogP contribution is -2.25. The molecule has 0 saturated carbocycles. The van der Waals surface area contributed by atoms with Crippen molar-refractivity contribution in [1.29, 1.82) is 0 Å². The molecule has 0 unspecified atom stereocenters. The highest BCUT2D eigenvalue weighted by molar-refractivity contribution is 5.96. The van der Waals surface area contributed by atoms with Gasteiger partial charge in [-0.25, -0.2) is 4.39 Å². The first kappa shape index (κ1) is 14.6. The summed E-state index contributed by atoms with van der Waals surface area (Å²) >= 11 is 0. The van der Waals surface area contributed by atoms with Gasteiger partial charge in [0.05, 0.1) is 12.7 Å². The molecule has 4 heteroatoms. The predicted molar refractivity (Wildman–Crippen MR) is 76.5 cm³/mol. The maximum absolute atomic E-state index is 13.2. The van der Waals surface area contributed by atoms with E-state index >= 15 is 0 Å². The van der Waals surface area contributed by atoms with E-state index in [1.807, 2.05) is 0 Å². The van der Waals surface area contributed by atoms with Gasteiger partial charge in [0.25, 0.3) is 5.91 Å². The average Bonchev–Trinajstić information content (AvgIpc) is 2.48. The molecule has 3 nitrogen and oxygen atoms in total. The molecule has 0 radical (unpaired) electrons. The van der Waals surface area contributed by atoms with Gasteiger partial charge in [0.15, 0.2) is 0 Å². The third-order valence-corrected chi connectivity index (χ3v) is 3.52. The summed E-state index contributed by atoms with van der Waals surface area (Å²) in [6.45, 7) is 0.574. The molecule has 1 aromatic rings. The van der Waals surface area contributed by atoms with Gasteiger partial charge in [-0.05, 0) is 50.3 Å². The lowest BCUT2D eigenvalue weighted by molar-refractivity contribution is 0.0950. The lowest BCUT2D eigenvalue weighted by Gasteiger charge is -2.13. The van der Waals surface area contributed by atoms with Gasteiger partial charge < -0.3 is 10.1 Å². The molecule has 0 spiro atoms. The lowest BCUT2D eigenvalue weighted by atomic mass is 9.97. The van der Waals surface area contributed by atoms with E-state index in [0.717, 1.165) is 19.3 Å². The molecule has 1 aliphatic rings. The van der Waals surface area contributed by atoms with Gasteiger partial charge in [0.1, 0.15) is 11.6 Å². The van der Waals surface area contributed by atoms with E-state index in [9.17, 15) is 9.18 Å². The fourth-order valence-corrected chi connectivity index (χ4v) is 2.42. The molecule has 0 heterocycles. The summed E-state index contributed by atoms with van der Waals surface area (Å²) in [6.07, 6.45) is 7.88. The van der Waals surface area contributed by atoms with Crippen molar-refractivity contribution in [2.24, 2.45) is 0 Å². The first-order valence-electron chi connectivity index (χ1n) is 7.00. The van der Waals surface area contributed by atoms with Crippen LogP contribution in [0, 0.1) is 5.82 Å². The number of hydrogen-bond donors (Lipinski definition) is 1. The predicted octanol–water partition coefficient (Wildman–Crippen LogP) is 3.45. The van der Waals surface area contributed by atoms with Gasteiger partial charge in [-0.15, -0.1) is 0 Å². The highest BCUT2D eigenvalue weighted by atomic mass is 19.1. The molecule has 1 aromatic carbocycles. The van der Waals surface area contributed by atoms with Gasteiger partial charge in [-0.3, -0.25) is 4.79 Å². The van der Waals surface area contributed by atoms with E-state index < -0.39 is 5.82 Å². The smallest absolute Gasteiger partial charge is 0.255 e. The van der Waals surface area contributed by atoms with Crippen LogP contribution >= 0.6 is 0 Å². The molecule has 1 amide bonds. The van der Waals surface area contributed by atoms with Crippen LogP contribution in [0.5, 0.6) is 5.75 Å². The standard InChI is InChI=1S/C16H20FNO2/c1-20-15-8-7-13(17)11-14(15)16(19)18-10-9-12-5-3-2-4-6-12/h5,7-8,11H,2-4,6,9-10H2,1H3,(H,18,19). The maximum Gasteiger partial charge on any atom is 0.255 e. The van der Waals surface area contributed by atoms with Gasteiger partial charge >= 0.3 is 0 Å². The zero-order chi connectivity index (χ0) is 14.4. The van der Waals surface area contributed by atoms with Crippen LogP contribution in [0.2, 0.25) is 0 Å². The van der Waals surface area contributed by atoms with E-state index in [-0.39, 0.29) is 11.5 Å². The molecule has 0 aliphatic heterocycles. The number of carbonyl (C=O) groups is 1. The molecular formula is C16H20FNO2. The highest BCUT2D eigenvalue weighted by Crippen LogP contribution is 2.21. The molecule has 1 N–H and O–H groups in total. The van der Waals surface area contributed by atoms with Crippen molar-refractivity contribution in [2.45, 2.75) is 32.1 Å². The molecule has 0 saturated heterocycles. The number of benzene rings is 1. The topological polar surface area (TPSA) is 38.3 Å². The maximum atomic E-state index is 13.2. The Kier molecular flexibility index (Phi) is 5.16. The first-order chi connectivity index (χ1) is 9.70. The number of ether oxygens (including phenoxy) is 1. The van der Waals surface area contributed by atoms with E-state index in [4.69, 9.17) is 4.74 Å². The normalized spacial score (nSPS) is 14.6. The number of halogens is 1. The Labute approximate surface area is 118 Å². The molecule has 0 aromatic heterocycles. The molecule has 20 heavy (non-hydrogen) atoms. The Balaban J connectivity index is 1.91. The number of amides is 1. The number of allylic oxidation sites excluding steroid dienone is 1. The molecule has 0 fully saturated rings. The summed E-state index contributed by atoms with van der Waals surface area (Å²) in [5.41, 5.74) is 1.65. The Hall–Kier alpha value is -1.84. The van der Waals surface area contributed by atoms with Crippen molar-refractivity contribution >= 4 is 5.91 Å². The van der Waals surface area contributed by atoms with E-state index in [2.05, 4.69) is 11.4 Å². The minimum atomic E-state index is -0.439.